The lowest BCUT2D eigenvalue weighted by atomic mass is 10.1. The first-order chi connectivity index (χ1) is 10.6. The number of Topliss-reactive ketones (excluding diaryl/α,β-unsaturated/α-hetero) is 1. The standard InChI is InChI=1S/C18H19FN2O/c1-14(22)15-7-8-18(17(19)13-15)21-11-9-20(10-12-21)16-5-3-2-4-6-16/h2-8,13H,9-12H2,1H3. The molecule has 0 N–H and O–H groups in total. The second kappa shape index (κ2) is 6.18. The molecule has 22 heavy (non-hydrogen) atoms. The summed E-state index contributed by atoms with van der Waals surface area (Å²) in [7, 11) is 0. The monoisotopic (exact) mass is 298 g/mol. The molecule has 0 bridgehead atoms. The van der Waals surface area contributed by atoms with E-state index in [1.54, 1.807) is 12.1 Å². The van der Waals surface area contributed by atoms with Crippen molar-refractivity contribution in [3.05, 3.63) is 59.9 Å². The number of benzene rings is 2. The van der Waals surface area contributed by atoms with Crippen LogP contribution >= 0.6 is 0 Å². The number of anilines is 2. The van der Waals surface area contributed by atoms with Crippen LogP contribution in [0, 0.1) is 5.82 Å². The Balaban J connectivity index is 1.70. The first-order valence-electron chi connectivity index (χ1n) is 7.50. The van der Waals surface area contributed by atoms with Gasteiger partial charge in [-0.2, -0.15) is 0 Å². The first kappa shape index (κ1) is 14.6. The summed E-state index contributed by atoms with van der Waals surface area (Å²) < 4.78 is 14.2. The summed E-state index contributed by atoms with van der Waals surface area (Å²) in [5.74, 6) is -0.430. The molecular weight excluding hydrogens is 279 g/mol. The molecule has 3 rings (SSSR count). The predicted molar refractivity (Wildman–Crippen MR) is 87.3 cm³/mol. The van der Waals surface area contributed by atoms with Crippen LogP contribution in [-0.2, 0) is 0 Å². The van der Waals surface area contributed by atoms with Gasteiger partial charge in [0.05, 0.1) is 5.69 Å². The fourth-order valence-corrected chi connectivity index (χ4v) is 2.83. The minimum Gasteiger partial charge on any atom is -0.368 e. The van der Waals surface area contributed by atoms with Crippen LogP contribution in [0.25, 0.3) is 0 Å². The Morgan fingerprint density at radius 2 is 1.59 bits per heavy atom. The average molecular weight is 298 g/mol. The Bertz CT molecular complexity index is 664. The highest BCUT2D eigenvalue weighted by Gasteiger charge is 2.20. The minimum atomic E-state index is -0.319. The molecule has 1 fully saturated rings. The molecule has 0 spiro atoms. The number of hydrogen-bond donors (Lipinski definition) is 0. The van der Waals surface area contributed by atoms with Gasteiger partial charge in [0.15, 0.2) is 5.78 Å². The van der Waals surface area contributed by atoms with Crippen molar-refractivity contribution in [3.63, 3.8) is 0 Å². The molecule has 2 aromatic carbocycles. The molecule has 3 nitrogen and oxygen atoms in total. The van der Waals surface area contributed by atoms with Crippen LogP contribution in [0.3, 0.4) is 0 Å². The summed E-state index contributed by atoms with van der Waals surface area (Å²) in [5, 5.41) is 0. The highest BCUT2D eigenvalue weighted by Crippen LogP contribution is 2.24. The molecule has 0 saturated carbocycles. The fourth-order valence-electron chi connectivity index (χ4n) is 2.83. The van der Waals surface area contributed by atoms with Crippen molar-refractivity contribution in [3.8, 4) is 0 Å². The first-order valence-corrected chi connectivity index (χ1v) is 7.50. The van der Waals surface area contributed by atoms with Crippen molar-refractivity contribution < 1.29 is 9.18 Å². The van der Waals surface area contributed by atoms with Gasteiger partial charge in [-0.1, -0.05) is 18.2 Å². The Morgan fingerprint density at radius 3 is 2.18 bits per heavy atom. The Kier molecular flexibility index (Phi) is 4.09. The number of para-hydroxylation sites is 1. The molecule has 1 aliphatic heterocycles. The van der Waals surface area contributed by atoms with Crippen LogP contribution in [0.5, 0.6) is 0 Å². The lowest BCUT2D eigenvalue weighted by Crippen LogP contribution is -2.46. The lowest BCUT2D eigenvalue weighted by Gasteiger charge is -2.37. The molecule has 0 aromatic heterocycles. The van der Waals surface area contributed by atoms with Crippen LogP contribution in [0.15, 0.2) is 48.5 Å². The average Bonchev–Trinajstić information content (AvgIpc) is 2.56. The van der Waals surface area contributed by atoms with Crippen LogP contribution < -0.4 is 9.80 Å². The maximum absolute atomic E-state index is 14.2. The zero-order valence-corrected chi connectivity index (χ0v) is 12.6. The van der Waals surface area contributed by atoms with E-state index in [0.717, 1.165) is 26.2 Å². The van der Waals surface area contributed by atoms with E-state index in [-0.39, 0.29) is 11.6 Å². The molecule has 1 saturated heterocycles. The largest absolute Gasteiger partial charge is 0.368 e. The number of nitrogens with zero attached hydrogens (tertiary/aromatic N) is 2. The van der Waals surface area contributed by atoms with E-state index >= 15 is 0 Å². The molecule has 1 heterocycles. The lowest BCUT2D eigenvalue weighted by molar-refractivity contribution is 0.101. The van der Waals surface area contributed by atoms with Gasteiger partial charge in [0, 0.05) is 37.4 Å². The van der Waals surface area contributed by atoms with E-state index in [0.29, 0.717) is 11.3 Å². The number of ketones is 1. The smallest absolute Gasteiger partial charge is 0.159 e. The molecule has 1 aliphatic rings. The van der Waals surface area contributed by atoms with E-state index < -0.39 is 0 Å². The highest BCUT2D eigenvalue weighted by atomic mass is 19.1. The quantitative estimate of drug-likeness (QED) is 0.812. The zero-order chi connectivity index (χ0) is 15.5. The number of carbonyl (C=O) groups is 1. The minimum absolute atomic E-state index is 0.112. The van der Waals surface area contributed by atoms with Crippen molar-refractivity contribution in [1.82, 2.24) is 0 Å². The third-order valence-corrected chi connectivity index (χ3v) is 4.10. The molecule has 4 heteroatoms. The predicted octanol–water partition coefficient (Wildman–Crippen LogP) is 3.35. The van der Waals surface area contributed by atoms with Crippen LogP contribution in [-0.4, -0.2) is 32.0 Å². The fraction of sp³-hybridized carbons (Fsp3) is 0.278. The SMILES string of the molecule is CC(=O)c1ccc(N2CCN(c3ccccc3)CC2)c(F)c1. The van der Waals surface area contributed by atoms with E-state index in [1.807, 2.05) is 23.1 Å². The molecule has 0 atom stereocenters. The molecular formula is C18H19FN2O. The van der Waals surface area contributed by atoms with Gasteiger partial charge < -0.3 is 9.80 Å². The van der Waals surface area contributed by atoms with Crippen molar-refractivity contribution in [2.45, 2.75) is 6.92 Å². The molecule has 0 radical (unpaired) electrons. The third-order valence-electron chi connectivity index (χ3n) is 4.10. The second-order valence-corrected chi connectivity index (χ2v) is 5.53. The van der Waals surface area contributed by atoms with E-state index in [9.17, 15) is 9.18 Å². The summed E-state index contributed by atoms with van der Waals surface area (Å²) >= 11 is 0. The van der Waals surface area contributed by atoms with Gasteiger partial charge >= 0.3 is 0 Å². The van der Waals surface area contributed by atoms with Gasteiger partial charge in [-0.25, -0.2) is 4.39 Å². The number of carbonyl (C=O) groups excluding carboxylic acids is 1. The van der Waals surface area contributed by atoms with Crippen LogP contribution in [0.4, 0.5) is 15.8 Å². The van der Waals surface area contributed by atoms with Gasteiger partial charge in [-0.05, 0) is 37.3 Å². The summed E-state index contributed by atoms with van der Waals surface area (Å²) in [4.78, 5) is 15.6. The molecule has 114 valence electrons. The van der Waals surface area contributed by atoms with Gasteiger partial charge in [0.2, 0.25) is 0 Å². The van der Waals surface area contributed by atoms with Gasteiger partial charge in [-0.3, -0.25) is 4.79 Å². The highest BCUT2D eigenvalue weighted by molar-refractivity contribution is 5.94. The molecule has 2 aromatic rings. The van der Waals surface area contributed by atoms with E-state index in [1.165, 1.54) is 18.7 Å². The van der Waals surface area contributed by atoms with Gasteiger partial charge in [0.1, 0.15) is 5.82 Å². The Hall–Kier alpha value is -2.36. The molecule has 0 amide bonds. The van der Waals surface area contributed by atoms with E-state index in [4.69, 9.17) is 0 Å². The summed E-state index contributed by atoms with van der Waals surface area (Å²) in [6, 6.07) is 15.0. The molecule has 0 aliphatic carbocycles. The number of halogens is 1. The van der Waals surface area contributed by atoms with Crippen molar-refractivity contribution >= 4 is 17.2 Å². The number of rotatable bonds is 3. The normalized spacial score (nSPS) is 15.0. The Labute approximate surface area is 130 Å². The Morgan fingerprint density at radius 1 is 0.955 bits per heavy atom. The van der Waals surface area contributed by atoms with Crippen molar-refractivity contribution in [2.75, 3.05) is 36.0 Å². The number of piperazine rings is 1. The van der Waals surface area contributed by atoms with Crippen LogP contribution in [0.1, 0.15) is 17.3 Å². The topological polar surface area (TPSA) is 23.6 Å². The summed E-state index contributed by atoms with van der Waals surface area (Å²) in [5.41, 5.74) is 2.21. The third kappa shape index (κ3) is 2.96. The zero-order valence-electron chi connectivity index (χ0n) is 12.6. The molecule has 0 unspecified atom stereocenters. The van der Waals surface area contributed by atoms with Gasteiger partial charge in [-0.15, -0.1) is 0 Å². The van der Waals surface area contributed by atoms with Crippen LogP contribution in [0.2, 0.25) is 0 Å². The maximum Gasteiger partial charge on any atom is 0.159 e. The van der Waals surface area contributed by atoms with E-state index in [2.05, 4.69) is 17.0 Å². The second-order valence-electron chi connectivity index (χ2n) is 5.53. The summed E-state index contributed by atoms with van der Waals surface area (Å²) in [6.45, 7) is 4.71. The number of hydrogen-bond acceptors (Lipinski definition) is 3. The van der Waals surface area contributed by atoms with Gasteiger partial charge in [0.25, 0.3) is 0 Å². The van der Waals surface area contributed by atoms with Crippen molar-refractivity contribution in [1.29, 1.82) is 0 Å². The maximum atomic E-state index is 14.2. The summed E-state index contributed by atoms with van der Waals surface area (Å²) in [6.07, 6.45) is 0. The van der Waals surface area contributed by atoms with Crippen molar-refractivity contribution in [2.24, 2.45) is 0 Å².